The number of aryl methyl sites for hydroxylation is 1. The first-order valence-corrected chi connectivity index (χ1v) is 12.2. The number of β-amino-alcohol motifs (C(OH)–C–C–N with tert-alkyl or cyclic N) is 1. The zero-order valence-electron chi connectivity index (χ0n) is 19.5. The predicted octanol–water partition coefficient (Wildman–Crippen LogP) is 1.09. The standard InChI is InChI=1S/C21H28FN3O3S.C2H2O4/c1-17-3-9-21(10-4-17)29(27,28)25(19-7-5-18(22)6-8-19)16-20(26)15-24-13-11-23(2)12-14-24;3-1(4)2(5)6/h3-10,20,26H,11-16H2,1-2H3;(H,3,4)(H,5,6). The van der Waals surface area contributed by atoms with E-state index in [-0.39, 0.29) is 11.4 Å². The number of hydrogen-bond acceptors (Lipinski definition) is 7. The lowest BCUT2D eigenvalue weighted by Crippen LogP contribution is -2.49. The number of sulfonamides is 1. The number of carboxylic acids is 2. The number of piperazine rings is 1. The van der Waals surface area contributed by atoms with Crippen LogP contribution in [0, 0.1) is 12.7 Å². The molecular weight excluding hydrogens is 481 g/mol. The van der Waals surface area contributed by atoms with Gasteiger partial charge in [-0.3, -0.25) is 9.21 Å². The third-order valence-electron chi connectivity index (χ3n) is 5.35. The summed E-state index contributed by atoms with van der Waals surface area (Å²) in [5, 5.41) is 25.5. The van der Waals surface area contributed by atoms with Crippen molar-refractivity contribution in [2.24, 2.45) is 0 Å². The van der Waals surface area contributed by atoms with E-state index in [0.29, 0.717) is 12.2 Å². The number of halogens is 1. The fourth-order valence-electron chi connectivity index (χ4n) is 3.36. The van der Waals surface area contributed by atoms with E-state index in [1.165, 1.54) is 24.3 Å². The number of hydrogen-bond donors (Lipinski definition) is 3. The molecule has 1 heterocycles. The van der Waals surface area contributed by atoms with Gasteiger partial charge in [-0.1, -0.05) is 17.7 Å². The molecule has 1 saturated heterocycles. The van der Waals surface area contributed by atoms with Crippen LogP contribution in [-0.4, -0.2) is 97.9 Å². The first-order valence-electron chi connectivity index (χ1n) is 10.8. The minimum Gasteiger partial charge on any atom is -0.473 e. The molecule has 3 rings (SSSR count). The lowest BCUT2D eigenvalue weighted by Gasteiger charge is -2.34. The van der Waals surface area contributed by atoms with Crippen LogP contribution >= 0.6 is 0 Å². The number of aliphatic carboxylic acids is 2. The van der Waals surface area contributed by atoms with Crippen molar-refractivity contribution in [3.05, 3.63) is 59.9 Å². The van der Waals surface area contributed by atoms with Crippen LogP contribution in [0.1, 0.15) is 5.56 Å². The highest BCUT2D eigenvalue weighted by molar-refractivity contribution is 7.92. The minimum absolute atomic E-state index is 0.103. The summed E-state index contributed by atoms with van der Waals surface area (Å²) in [6.07, 6.45) is -0.872. The Morgan fingerprint density at radius 1 is 0.971 bits per heavy atom. The topological polar surface area (TPSA) is 139 Å². The van der Waals surface area contributed by atoms with Crippen LogP contribution in [0.25, 0.3) is 0 Å². The number of benzene rings is 2. The van der Waals surface area contributed by atoms with E-state index in [2.05, 4.69) is 16.8 Å². The molecule has 0 saturated carbocycles. The van der Waals surface area contributed by atoms with Crippen LogP contribution in [0.2, 0.25) is 0 Å². The monoisotopic (exact) mass is 511 g/mol. The summed E-state index contributed by atoms with van der Waals surface area (Å²) in [5.41, 5.74) is 1.27. The van der Waals surface area contributed by atoms with E-state index in [9.17, 15) is 17.9 Å². The summed E-state index contributed by atoms with van der Waals surface area (Å²) in [7, 11) is -1.85. The summed E-state index contributed by atoms with van der Waals surface area (Å²) >= 11 is 0. The van der Waals surface area contributed by atoms with E-state index < -0.39 is 33.9 Å². The van der Waals surface area contributed by atoms with E-state index >= 15 is 0 Å². The number of carbonyl (C=O) groups is 2. The first-order chi connectivity index (χ1) is 16.4. The second-order valence-corrected chi connectivity index (χ2v) is 10.1. The Balaban J connectivity index is 0.000000641. The summed E-state index contributed by atoms with van der Waals surface area (Å²) in [6.45, 7) is 5.65. The lowest BCUT2D eigenvalue weighted by atomic mass is 10.2. The fourth-order valence-corrected chi connectivity index (χ4v) is 4.87. The predicted molar refractivity (Wildman–Crippen MR) is 127 cm³/mol. The number of rotatable bonds is 7. The van der Waals surface area contributed by atoms with Crippen molar-refractivity contribution in [1.82, 2.24) is 9.80 Å². The summed E-state index contributed by atoms with van der Waals surface area (Å²) in [6, 6.07) is 11.8. The van der Waals surface area contributed by atoms with E-state index in [4.69, 9.17) is 19.8 Å². The van der Waals surface area contributed by atoms with Gasteiger partial charge in [0.25, 0.3) is 10.0 Å². The van der Waals surface area contributed by atoms with Gasteiger partial charge in [0, 0.05) is 32.7 Å². The molecule has 0 spiro atoms. The van der Waals surface area contributed by atoms with Gasteiger partial charge >= 0.3 is 11.9 Å². The Hall–Kier alpha value is -3.06. The molecule has 3 N–H and O–H groups in total. The number of carboxylic acid groups (broad SMARTS) is 2. The van der Waals surface area contributed by atoms with Crippen molar-refractivity contribution < 1.29 is 37.7 Å². The molecule has 0 bridgehead atoms. The zero-order valence-corrected chi connectivity index (χ0v) is 20.4. The van der Waals surface area contributed by atoms with Crippen LogP contribution in [0.4, 0.5) is 10.1 Å². The van der Waals surface area contributed by atoms with Crippen LogP contribution in [0.15, 0.2) is 53.4 Å². The highest BCUT2D eigenvalue weighted by Gasteiger charge is 2.28. The molecule has 2 aromatic carbocycles. The Morgan fingerprint density at radius 3 is 1.97 bits per heavy atom. The van der Waals surface area contributed by atoms with Crippen molar-refractivity contribution in [2.75, 3.05) is 50.6 Å². The van der Waals surface area contributed by atoms with E-state index in [0.717, 1.165) is 36.0 Å². The molecule has 0 aromatic heterocycles. The average molecular weight is 512 g/mol. The van der Waals surface area contributed by atoms with Crippen molar-refractivity contribution in [1.29, 1.82) is 0 Å². The quantitative estimate of drug-likeness (QED) is 0.466. The molecule has 0 radical (unpaired) electrons. The van der Waals surface area contributed by atoms with E-state index in [1.54, 1.807) is 24.3 Å². The van der Waals surface area contributed by atoms with Gasteiger partial charge in [-0.25, -0.2) is 22.4 Å². The largest absolute Gasteiger partial charge is 0.473 e. The molecule has 0 amide bonds. The molecule has 192 valence electrons. The number of likely N-dealkylation sites (N-methyl/N-ethyl adjacent to an activating group) is 1. The van der Waals surface area contributed by atoms with Crippen molar-refractivity contribution in [3.63, 3.8) is 0 Å². The van der Waals surface area contributed by atoms with Crippen LogP contribution in [0.3, 0.4) is 0 Å². The van der Waals surface area contributed by atoms with Gasteiger partial charge in [0.05, 0.1) is 23.2 Å². The molecule has 1 aliphatic heterocycles. The highest BCUT2D eigenvalue weighted by Crippen LogP contribution is 2.25. The number of nitrogens with zero attached hydrogens (tertiary/aromatic N) is 3. The number of anilines is 1. The highest BCUT2D eigenvalue weighted by atomic mass is 32.2. The van der Waals surface area contributed by atoms with Gasteiger partial charge in [-0.05, 0) is 50.4 Å². The molecule has 0 aliphatic carbocycles. The molecule has 1 aliphatic rings. The summed E-state index contributed by atoms with van der Waals surface area (Å²) < 4.78 is 41.2. The number of aliphatic hydroxyl groups excluding tert-OH is 1. The molecular formula is C23H30FN3O7S. The summed E-state index contributed by atoms with van der Waals surface area (Å²) in [4.78, 5) is 22.7. The van der Waals surface area contributed by atoms with Crippen LogP contribution < -0.4 is 4.31 Å². The fraction of sp³-hybridized carbons (Fsp3) is 0.391. The van der Waals surface area contributed by atoms with E-state index in [1.807, 2.05) is 6.92 Å². The SMILES string of the molecule is Cc1ccc(S(=O)(=O)N(CC(O)CN2CCN(C)CC2)c2ccc(F)cc2)cc1.O=C(O)C(=O)O. The third kappa shape index (κ3) is 8.58. The van der Waals surface area contributed by atoms with Gasteiger partial charge in [-0.15, -0.1) is 0 Å². The molecule has 1 unspecified atom stereocenters. The molecule has 1 fully saturated rings. The Kier molecular flexibility index (Phi) is 10.1. The van der Waals surface area contributed by atoms with Gasteiger partial charge < -0.3 is 20.2 Å². The van der Waals surface area contributed by atoms with Crippen molar-refractivity contribution in [2.45, 2.75) is 17.9 Å². The molecule has 2 aromatic rings. The summed E-state index contributed by atoms with van der Waals surface area (Å²) in [5.74, 6) is -4.09. The number of aliphatic hydroxyl groups is 1. The van der Waals surface area contributed by atoms with Crippen LogP contribution in [0.5, 0.6) is 0 Å². The first kappa shape index (κ1) is 28.2. The lowest BCUT2D eigenvalue weighted by molar-refractivity contribution is -0.159. The normalized spacial score (nSPS) is 15.5. The molecule has 12 heteroatoms. The molecule has 10 nitrogen and oxygen atoms in total. The van der Waals surface area contributed by atoms with Gasteiger partial charge in [0.15, 0.2) is 0 Å². The Labute approximate surface area is 203 Å². The maximum atomic E-state index is 13.4. The third-order valence-corrected chi connectivity index (χ3v) is 7.16. The van der Waals surface area contributed by atoms with Gasteiger partial charge in [0.2, 0.25) is 0 Å². The second kappa shape index (κ2) is 12.6. The van der Waals surface area contributed by atoms with Crippen molar-refractivity contribution >= 4 is 27.6 Å². The van der Waals surface area contributed by atoms with Gasteiger partial charge in [-0.2, -0.15) is 0 Å². The average Bonchev–Trinajstić information content (AvgIpc) is 2.80. The Bertz CT molecular complexity index is 1080. The molecule has 35 heavy (non-hydrogen) atoms. The van der Waals surface area contributed by atoms with Gasteiger partial charge in [0.1, 0.15) is 5.82 Å². The van der Waals surface area contributed by atoms with Crippen LogP contribution in [-0.2, 0) is 19.6 Å². The molecule has 1 atom stereocenters. The zero-order chi connectivity index (χ0) is 26.2. The second-order valence-electron chi connectivity index (χ2n) is 8.19. The smallest absolute Gasteiger partial charge is 0.414 e. The Morgan fingerprint density at radius 2 is 1.49 bits per heavy atom. The van der Waals surface area contributed by atoms with Crippen molar-refractivity contribution in [3.8, 4) is 0 Å². The minimum atomic E-state index is -3.90. The maximum Gasteiger partial charge on any atom is 0.414 e. The maximum absolute atomic E-state index is 13.4.